The normalized spacial score (nSPS) is 15.2. The van der Waals surface area contributed by atoms with Crippen molar-refractivity contribution in [3.63, 3.8) is 0 Å². The van der Waals surface area contributed by atoms with Crippen molar-refractivity contribution in [2.75, 3.05) is 108 Å². The molecule has 0 atom stereocenters. The van der Waals surface area contributed by atoms with Gasteiger partial charge in [0.25, 0.3) is 0 Å². The Balaban J connectivity index is 0. The van der Waals surface area contributed by atoms with E-state index in [0.29, 0.717) is 0 Å². The summed E-state index contributed by atoms with van der Waals surface area (Å²) in [5.41, 5.74) is 13.4. The molecule has 0 aliphatic carbocycles. The van der Waals surface area contributed by atoms with Crippen LogP contribution >= 0.6 is 0 Å². The van der Waals surface area contributed by atoms with E-state index in [1.165, 1.54) is 55.2 Å². The molecule has 3 radical (unpaired) electrons. The number of hydrogen-bond donors (Lipinski definition) is 1. The molecule has 449 valence electrons. The number of likely N-dealkylation sites (N-methyl/N-ethyl adjacent to an activating group) is 6. The molecule has 11 nitrogen and oxygen atoms in total. The molecule has 2 N–H and O–H groups in total. The Bertz CT molecular complexity index is 2290. The van der Waals surface area contributed by atoms with Crippen LogP contribution in [-0.4, -0.2) is 154 Å². The van der Waals surface area contributed by atoms with Crippen LogP contribution in [0.5, 0.6) is 0 Å². The smallest absolute Gasteiger partial charge is 2.00 e. The molecule has 0 unspecified atom stereocenters. The van der Waals surface area contributed by atoms with Crippen molar-refractivity contribution in [2.45, 2.75) is 88.3 Å². The van der Waals surface area contributed by atoms with Crippen LogP contribution < -0.4 is 27.0 Å². The van der Waals surface area contributed by atoms with E-state index in [1.807, 2.05) is 0 Å². The molecule has 81 heavy (non-hydrogen) atoms. The third kappa shape index (κ3) is 24.1. The monoisotopic (exact) mass is 1260 g/mol. The predicted octanol–water partition coefficient (Wildman–Crippen LogP) is 6.38. The number of rotatable bonds is 5. The second kappa shape index (κ2) is 38.8. The first kappa shape index (κ1) is 80.0. The molecule has 6 aromatic rings. The van der Waals surface area contributed by atoms with E-state index in [1.54, 1.807) is 0 Å². The zero-order valence-electron chi connectivity index (χ0n) is 50.0. The number of hydrogen-bond acceptors (Lipinski definition) is 11. The van der Waals surface area contributed by atoms with Crippen molar-refractivity contribution in [1.29, 1.82) is 0 Å². The van der Waals surface area contributed by atoms with Crippen LogP contribution in [0.1, 0.15) is 74.9 Å². The van der Waals surface area contributed by atoms with E-state index in [0.717, 1.165) is 88.3 Å². The minimum absolute atomic E-state index is 0. The third-order valence-corrected chi connectivity index (χ3v) is 15.8. The molecule has 6 aromatic carbocycles. The summed E-state index contributed by atoms with van der Waals surface area (Å²) >= 11 is 12.3. The molecule has 0 amide bonds. The van der Waals surface area contributed by atoms with Crippen molar-refractivity contribution in [1.82, 2.24) is 29.4 Å². The van der Waals surface area contributed by atoms with Gasteiger partial charge in [0.15, 0.2) is 0 Å². The van der Waals surface area contributed by atoms with Crippen LogP contribution in [0.4, 0.5) is 0 Å². The molecule has 17 heteroatoms. The molecule has 7 rings (SSSR count). The fourth-order valence-electron chi connectivity index (χ4n) is 10.0. The van der Waals surface area contributed by atoms with Crippen molar-refractivity contribution in [3.05, 3.63) is 179 Å². The van der Waals surface area contributed by atoms with Gasteiger partial charge in [-0.2, -0.15) is 31.6 Å². The average Bonchev–Trinajstić information content (AvgIpc) is 3.39. The van der Waals surface area contributed by atoms with Crippen molar-refractivity contribution in [2.24, 2.45) is 0 Å². The van der Waals surface area contributed by atoms with Gasteiger partial charge in [0.05, 0.1) is 0 Å². The van der Waals surface area contributed by atoms with Gasteiger partial charge in [0.1, 0.15) is 6.15 Å². The van der Waals surface area contributed by atoms with Crippen molar-refractivity contribution in [3.8, 4) is 0 Å². The van der Waals surface area contributed by atoms with Gasteiger partial charge in [-0.1, -0.05) is 209 Å². The average molecular weight is 1270 g/mol. The van der Waals surface area contributed by atoms with Gasteiger partial charge in [0, 0.05) is 104 Å². The molecule has 0 saturated heterocycles. The first-order valence-electron chi connectivity index (χ1n) is 27.0. The fraction of sp³-hybridized carbons (Fsp3) is 0.438. The van der Waals surface area contributed by atoms with E-state index in [4.69, 9.17) is 35.5 Å². The van der Waals surface area contributed by atoms with Crippen LogP contribution in [0.15, 0.2) is 155 Å². The third-order valence-electron chi connectivity index (χ3n) is 14.7. The Labute approximate surface area is 532 Å². The van der Waals surface area contributed by atoms with Gasteiger partial charge in [0.2, 0.25) is 0 Å². The summed E-state index contributed by atoms with van der Waals surface area (Å²) in [6.07, 6.45) is -1.22. The Morgan fingerprint density at radius 2 is 0.605 bits per heavy atom. The zero-order valence-corrected chi connectivity index (χ0v) is 55.0. The number of fused-ring (bicyclic) bond motifs is 4. The summed E-state index contributed by atoms with van der Waals surface area (Å²) in [6.45, 7) is 24.8. The predicted molar refractivity (Wildman–Crippen MR) is 327 cm³/mol. The zero-order chi connectivity index (χ0) is 54.8. The Hall–Kier alpha value is -3.04. The standard InChI is InChI=1S/C38H66N6S2.C24H20B.C2H5O2.2Ni.H2O.2O.V/c1-37(2,3)33-21-29-25-41(9)17-13-39(7)15-19-43(11)27-31-23-34(38(4,5)6)24-32(36(31)46)28-44(12)20-16-40(8)14-18-42(10)26-30(22-33)35(29)45;1-5-13-21(14-6-1)25(22-15-7-2-8-16-22,23-17-9-3-10-18-23)24-19-11-4-12-20-24;3-1-2-4;;;;;;/h21-24,45-46H,13-20,25-28H2,1-12H3;1-20H;3H,1-2H2;;;1H2;;;/q;2*-1;2*+3;;2*-2;/p-3. The summed E-state index contributed by atoms with van der Waals surface area (Å²) in [7, 11) is 13.4. The molecular weight excluding hydrogens is 1180 g/mol. The van der Waals surface area contributed by atoms with Crippen LogP contribution in [-0.2, 0) is 125 Å². The second-order valence-corrected chi connectivity index (χ2v) is 24.1. The first-order valence-corrected chi connectivity index (χ1v) is 27.8. The molecule has 1 aliphatic rings. The summed E-state index contributed by atoms with van der Waals surface area (Å²) < 4.78 is 0. The largest absolute Gasteiger partial charge is 3.00 e. The van der Waals surface area contributed by atoms with Gasteiger partial charge in [-0.15, -0.1) is 6.61 Å². The Morgan fingerprint density at radius 1 is 0.420 bits per heavy atom. The molecule has 0 aromatic heterocycles. The molecule has 0 spiro atoms. The molecule has 1 heterocycles. The van der Waals surface area contributed by atoms with Crippen LogP contribution in [0.2, 0.25) is 0 Å². The Kier molecular flexibility index (Phi) is 38.3. The molecule has 0 fully saturated rings. The van der Waals surface area contributed by atoms with Crippen LogP contribution in [0.25, 0.3) is 0 Å². The van der Waals surface area contributed by atoms with Gasteiger partial charge < -0.3 is 81.3 Å². The van der Waals surface area contributed by atoms with Gasteiger partial charge in [-0.25, -0.2) is 0 Å². The van der Waals surface area contributed by atoms with Gasteiger partial charge in [-0.05, 0) is 64.2 Å². The van der Waals surface area contributed by atoms with E-state index in [-0.39, 0.29) is 92.0 Å². The molecule has 0 saturated carbocycles. The summed E-state index contributed by atoms with van der Waals surface area (Å²) in [4.78, 5) is 16.7. The van der Waals surface area contributed by atoms with E-state index < -0.39 is 6.15 Å². The topological polar surface area (TPSA) is 150 Å². The SMILES string of the molecule is CN1CCN(C)Cc2cc(C(C)(C)C)cc(c2[S-])CN(C)CCN(C)CCN(C)Cc2cc(C(C)(C)C)cc(c2[S-])CN(C)CC1.[Ni+3].[Ni+3].[O-2].[O-2].[O-]CCO.[OH-].[V].c1ccc([B-](c2ccccc2)(c2ccccc2)c2ccccc2)cc1. The van der Waals surface area contributed by atoms with Gasteiger partial charge >= 0.3 is 33.0 Å². The first-order chi connectivity index (χ1) is 35.7. The van der Waals surface area contributed by atoms with Gasteiger partial charge in [-0.3, -0.25) is 0 Å². The maximum absolute atomic E-state index is 9.05. The minimum atomic E-state index is -1.22. The Morgan fingerprint density at radius 3 is 0.778 bits per heavy atom. The molecular formula is C64H90BN6Ni2O5S2V-3. The number of nitrogens with zero attached hydrogens (tertiary/aromatic N) is 6. The van der Waals surface area contributed by atoms with Crippen molar-refractivity contribution < 1.29 is 78.2 Å². The van der Waals surface area contributed by atoms with E-state index in [9.17, 15) is 0 Å². The quantitative estimate of drug-likeness (QED) is 0.152. The fourth-order valence-corrected chi connectivity index (χ4v) is 10.5. The number of benzene rings is 6. The van der Waals surface area contributed by atoms with E-state index >= 15 is 0 Å². The number of aliphatic hydroxyl groups excluding tert-OH is 1. The molecule has 1 aliphatic heterocycles. The summed E-state index contributed by atoms with van der Waals surface area (Å²) in [5, 5.41) is 16.6. The van der Waals surface area contributed by atoms with Crippen LogP contribution in [0.3, 0.4) is 0 Å². The number of aliphatic hydroxyl groups is 1. The molecule has 4 bridgehead atoms. The van der Waals surface area contributed by atoms with E-state index in [2.05, 4.69) is 259 Å². The minimum Gasteiger partial charge on any atom is -2.00 e. The van der Waals surface area contributed by atoms with Crippen molar-refractivity contribution >= 4 is 53.3 Å². The maximum atomic E-state index is 9.05. The summed E-state index contributed by atoms with van der Waals surface area (Å²) in [5.74, 6) is 0. The summed E-state index contributed by atoms with van der Waals surface area (Å²) in [6, 6.07) is 53.0. The van der Waals surface area contributed by atoms with Crippen LogP contribution in [0, 0.1) is 0 Å². The maximum Gasteiger partial charge on any atom is 3.00 e. The second-order valence-electron chi connectivity index (χ2n) is 23.2.